The van der Waals surface area contributed by atoms with E-state index in [2.05, 4.69) is 0 Å². The highest BCUT2D eigenvalue weighted by Crippen LogP contribution is 2.20. The Bertz CT molecular complexity index is 1010. The van der Waals surface area contributed by atoms with Gasteiger partial charge in [0.05, 0.1) is 4.90 Å². The van der Waals surface area contributed by atoms with Crippen molar-refractivity contribution in [2.45, 2.75) is 32.3 Å². The van der Waals surface area contributed by atoms with Gasteiger partial charge in [0.1, 0.15) is 6.61 Å². The SMILES string of the molecule is Cc1cc(C)c(S(=O)(=O)O)c(C)c1.N[n+]1cccc(OCc2ccccc2)c1. The number of benzene rings is 2. The maximum Gasteiger partial charge on any atom is 0.295 e. The first kappa shape index (κ1) is 21.4. The molecular formula is C21H25N2O4S+. The monoisotopic (exact) mass is 401 g/mol. The van der Waals surface area contributed by atoms with E-state index in [9.17, 15) is 8.42 Å². The third-order valence-corrected chi connectivity index (χ3v) is 5.07. The average molecular weight is 402 g/mol. The number of nitrogens with zero attached hydrogens (tertiary/aromatic N) is 1. The summed E-state index contributed by atoms with van der Waals surface area (Å²) in [7, 11) is -4.08. The van der Waals surface area contributed by atoms with E-state index in [-0.39, 0.29) is 4.90 Å². The quantitative estimate of drug-likeness (QED) is 0.398. The summed E-state index contributed by atoms with van der Waals surface area (Å²) in [5, 5.41) is 0. The van der Waals surface area contributed by atoms with Gasteiger partial charge in [-0.1, -0.05) is 52.7 Å². The van der Waals surface area contributed by atoms with E-state index in [4.69, 9.17) is 15.1 Å². The molecule has 0 saturated carbocycles. The topological polar surface area (TPSA) is 93.5 Å². The van der Waals surface area contributed by atoms with E-state index in [0.717, 1.165) is 16.9 Å². The Hall–Kier alpha value is -2.90. The number of nitrogens with two attached hydrogens (primary N) is 1. The standard InChI is InChI=1S/C12H13N2O.C9H12O3S/c13-14-8-4-7-12(9-14)15-10-11-5-2-1-3-6-11;1-6-4-7(2)9(8(3)5-6)13(10,11)12/h1-9H,10,13H2;4-5H,1-3H3,(H,10,11,12)/q+1;. The van der Waals surface area contributed by atoms with Crippen LogP contribution in [0, 0.1) is 20.8 Å². The van der Waals surface area contributed by atoms with Crippen LogP contribution < -0.4 is 15.3 Å². The normalized spacial score (nSPS) is 10.7. The molecule has 148 valence electrons. The van der Waals surface area contributed by atoms with Crippen molar-refractivity contribution >= 4 is 10.1 Å². The van der Waals surface area contributed by atoms with Crippen molar-refractivity contribution < 1.29 is 22.4 Å². The van der Waals surface area contributed by atoms with Crippen LogP contribution in [-0.2, 0) is 16.7 Å². The van der Waals surface area contributed by atoms with Gasteiger partial charge in [-0.3, -0.25) is 4.55 Å². The minimum absolute atomic E-state index is 0.0260. The van der Waals surface area contributed by atoms with Crippen molar-refractivity contribution in [1.29, 1.82) is 0 Å². The Morgan fingerprint density at radius 3 is 2.14 bits per heavy atom. The summed E-state index contributed by atoms with van der Waals surface area (Å²) >= 11 is 0. The summed E-state index contributed by atoms with van der Waals surface area (Å²) in [6.07, 6.45) is 3.50. The molecule has 6 nitrogen and oxygen atoms in total. The highest BCUT2D eigenvalue weighted by Gasteiger charge is 2.16. The zero-order valence-electron chi connectivity index (χ0n) is 16.2. The maximum absolute atomic E-state index is 10.9. The zero-order chi connectivity index (χ0) is 20.7. The van der Waals surface area contributed by atoms with Gasteiger partial charge in [-0.2, -0.15) is 8.42 Å². The first-order valence-corrected chi connectivity index (χ1v) is 10.1. The van der Waals surface area contributed by atoms with E-state index >= 15 is 0 Å². The van der Waals surface area contributed by atoms with Crippen molar-refractivity contribution in [2.24, 2.45) is 0 Å². The molecule has 3 N–H and O–H groups in total. The smallest absolute Gasteiger partial charge is 0.295 e. The number of aryl methyl sites for hydroxylation is 3. The highest BCUT2D eigenvalue weighted by molar-refractivity contribution is 7.86. The molecule has 0 radical (unpaired) electrons. The first-order valence-electron chi connectivity index (χ1n) is 8.65. The number of hydrogen-bond donors (Lipinski definition) is 2. The molecule has 3 aromatic rings. The average Bonchev–Trinajstić information content (AvgIpc) is 2.59. The summed E-state index contributed by atoms with van der Waals surface area (Å²) in [6.45, 7) is 5.78. The van der Waals surface area contributed by atoms with Crippen LogP contribution in [-0.4, -0.2) is 13.0 Å². The lowest BCUT2D eigenvalue weighted by molar-refractivity contribution is -0.639. The molecule has 0 bridgehead atoms. The molecule has 0 aliphatic rings. The van der Waals surface area contributed by atoms with Crippen molar-refractivity contribution in [3.8, 4) is 5.75 Å². The molecule has 3 rings (SSSR count). The Morgan fingerprint density at radius 1 is 1.00 bits per heavy atom. The second kappa shape index (κ2) is 9.34. The molecule has 28 heavy (non-hydrogen) atoms. The minimum atomic E-state index is -4.08. The van der Waals surface area contributed by atoms with Crippen LogP contribution in [0.2, 0.25) is 0 Å². The Labute approximate surface area is 165 Å². The van der Waals surface area contributed by atoms with Gasteiger partial charge in [0.25, 0.3) is 10.1 Å². The lowest BCUT2D eigenvalue weighted by Crippen LogP contribution is -2.43. The molecule has 1 aromatic heterocycles. The van der Waals surface area contributed by atoms with Crippen LogP contribution >= 0.6 is 0 Å². The highest BCUT2D eigenvalue weighted by atomic mass is 32.2. The van der Waals surface area contributed by atoms with Crippen molar-refractivity contribution in [3.05, 3.63) is 89.2 Å². The predicted molar refractivity (Wildman–Crippen MR) is 108 cm³/mol. The van der Waals surface area contributed by atoms with Crippen LogP contribution in [0.25, 0.3) is 0 Å². The van der Waals surface area contributed by atoms with E-state index in [1.807, 2.05) is 49.4 Å². The van der Waals surface area contributed by atoms with Gasteiger partial charge in [0.2, 0.25) is 6.20 Å². The molecule has 0 spiro atoms. The second-order valence-electron chi connectivity index (χ2n) is 6.46. The van der Waals surface area contributed by atoms with Gasteiger partial charge in [-0.15, -0.1) is 0 Å². The fraction of sp³-hybridized carbons (Fsp3) is 0.190. The van der Waals surface area contributed by atoms with Crippen LogP contribution in [0.4, 0.5) is 0 Å². The third-order valence-electron chi connectivity index (χ3n) is 3.91. The van der Waals surface area contributed by atoms with Gasteiger partial charge < -0.3 is 4.74 Å². The summed E-state index contributed by atoms with van der Waals surface area (Å²) in [5.74, 6) is 6.33. The molecule has 7 heteroatoms. The summed E-state index contributed by atoms with van der Waals surface area (Å²) in [4.78, 5) is 0.0260. The molecule has 1 heterocycles. The third kappa shape index (κ3) is 6.37. The Balaban J connectivity index is 0.000000203. The predicted octanol–water partition coefficient (Wildman–Crippen LogP) is 3.13. The van der Waals surface area contributed by atoms with E-state index in [1.54, 1.807) is 38.4 Å². The Kier molecular flexibility index (Phi) is 7.14. The molecule has 0 aliphatic carbocycles. The first-order chi connectivity index (χ1) is 13.2. The van der Waals surface area contributed by atoms with Crippen LogP contribution in [0.3, 0.4) is 0 Å². The molecule has 2 aromatic carbocycles. The summed E-state index contributed by atoms with van der Waals surface area (Å²) in [5.41, 5.74) is 3.30. The lowest BCUT2D eigenvalue weighted by atomic mass is 10.1. The summed E-state index contributed by atoms with van der Waals surface area (Å²) < 4.78 is 37.8. The van der Waals surface area contributed by atoms with Crippen molar-refractivity contribution in [1.82, 2.24) is 0 Å². The number of hydrogen-bond acceptors (Lipinski definition) is 4. The maximum atomic E-state index is 10.9. The number of pyridine rings is 1. The number of rotatable bonds is 4. The molecule has 0 saturated heterocycles. The Morgan fingerprint density at radius 2 is 1.61 bits per heavy atom. The van der Waals surface area contributed by atoms with Gasteiger partial charge >= 0.3 is 0 Å². The van der Waals surface area contributed by atoms with E-state index in [0.29, 0.717) is 17.7 Å². The lowest BCUT2D eigenvalue weighted by Gasteiger charge is -2.07. The van der Waals surface area contributed by atoms with Crippen molar-refractivity contribution in [2.75, 3.05) is 5.84 Å². The largest absolute Gasteiger partial charge is 0.483 e. The zero-order valence-corrected chi connectivity index (χ0v) is 17.0. The molecule has 0 fully saturated rings. The number of ether oxygens (including phenoxy) is 1. The van der Waals surface area contributed by atoms with Crippen molar-refractivity contribution in [3.63, 3.8) is 0 Å². The second-order valence-corrected chi connectivity index (χ2v) is 7.82. The summed E-state index contributed by atoms with van der Waals surface area (Å²) in [6, 6.07) is 17.2. The van der Waals surface area contributed by atoms with Gasteiger partial charge in [-0.05, 0) is 43.5 Å². The number of aromatic nitrogens is 1. The molecule has 0 amide bonds. The van der Waals surface area contributed by atoms with E-state index < -0.39 is 10.1 Å². The van der Waals surface area contributed by atoms with Crippen LogP contribution in [0.15, 0.2) is 71.9 Å². The van der Waals surface area contributed by atoms with Crippen LogP contribution in [0.1, 0.15) is 22.3 Å². The van der Waals surface area contributed by atoms with Gasteiger partial charge in [-0.25, -0.2) is 5.84 Å². The fourth-order valence-corrected chi connectivity index (χ4v) is 3.80. The molecule has 0 aliphatic heterocycles. The molecule has 0 unspecified atom stereocenters. The fourth-order valence-electron chi connectivity index (χ4n) is 2.87. The molecule has 0 atom stereocenters. The van der Waals surface area contributed by atoms with Crippen LogP contribution in [0.5, 0.6) is 5.75 Å². The minimum Gasteiger partial charge on any atom is -0.483 e. The van der Waals surface area contributed by atoms with Gasteiger partial charge in [0.15, 0.2) is 11.9 Å². The van der Waals surface area contributed by atoms with Gasteiger partial charge in [0, 0.05) is 6.07 Å². The number of nitrogen functional groups attached to an aromatic ring is 1. The molecular weight excluding hydrogens is 376 g/mol. The van der Waals surface area contributed by atoms with E-state index in [1.165, 1.54) is 4.68 Å².